The van der Waals surface area contributed by atoms with Gasteiger partial charge in [0.2, 0.25) is 0 Å². The third-order valence-electron chi connectivity index (χ3n) is 4.46. The molecule has 3 nitrogen and oxygen atoms in total. The van der Waals surface area contributed by atoms with Crippen LogP contribution in [0.15, 0.2) is 48.7 Å². The van der Waals surface area contributed by atoms with Crippen LogP contribution in [0.3, 0.4) is 0 Å². The molecule has 1 N–H and O–H groups in total. The number of nitrogens with zero attached hydrogens (tertiary/aromatic N) is 2. The van der Waals surface area contributed by atoms with Crippen molar-refractivity contribution in [3.63, 3.8) is 0 Å². The zero-order valence-corrected chi connectivity index (χ0v) is 12.8. The van der Waals surface area contributed by atoms with Crippen LogP contribution < -0.4 is 5.32 Å². The highest BCUT2D eigenvalue weighted by atomic mass is 15.1. The maximum atomic E-state index is 3.70. The lowest BCUT2D eigenvalue weighted by molar-refractivity contribution is 0.189. The molecule has 2 heterocycles. The number of hydrogen-bond acceptors (Lipinski definition) is 2. The number of hydrogen-bond donors (Lipinski definition) is 1. The Hall–Kier alpha value is -1.58. The molecule has 112 valence electrons. The SMILES string of the molecule is Cn1cccc1CNC1CCN(Cc2ccccc2)CC1. The molecule has 2 aromatic rings. The van der Waals surface area contributed by atoms with Crippen molar-refractivity contribution in [3.8, 4) is 0 Å². The summed E-state index contributed by atoms with van der Waals surface area (Å²) >= 11 is 0. The third-order valence-corrected chi connectivity index (χ3v) is 4.46. The van der Waals surface area contributed by atoms with Crippen molar-refractivity contribution in [1.29, 1.82) is 0 Å². The predicted octanol–water partition coefficient (Wildman–Crippen LogP) is 2.78. The summed E-state index contributed by atoms with van der Waals surface area (Å²) in [6.45, 7) is 4.46. The number of aryl methyl sites for hydroxylation is 1. The molecule has 0 unspecified atom stereocenters. The van der Waals surface area contributed by atoms with Gasteiger partial charge in [-0.3, -0.25) is 4.90 Å². The van der Waals surface area contributed by atoms with Crippen LogP contribution in [0.4, 0.5) is 0 Å². The Labute approximate surface area is 127 Å². The summed E-state index contributed by atoms with van der Waals surface area (Å²) in [5.74, 6) is 0. The molecule has 1 fully saturated rings. The van der Waals surface area contributed by atoms with Gasteiger partial charge < -0.3 is 9.88 Å². The van der Waals surface area contributed by atoms with Crippen molar-refractivity contribution in [2.45, 2.75) is 32.0 Å². The van der Waals surface area contributed by atoms with Crippen molar-refractivity contribution >= 4 is 0 Å². The number of benzene rings is 1. The number of piperidine rings is 1. The average molecular weight is 283 g/mol. The van der Waals surface area contributed by atoms with Gasteiger partial charge >= 0.3 is 0 Å². The zero-order valence-electron chi connectivity index (χ0n) is 12.8. The summed E-state index contributed by atoms with van der Waals surface area (Å²) in [6, 6.07) is 15.7. The van der Waals surface area contributed by atoms with E-state index in [2.05, 4.69) is 70.5 Å². The normalized spacial score (nSPS) is 17.2. The molecule has 0 amide bonds. The highest BCUT2D eigenvalue weighted by molar-refractivity contribution is 5.14. The topological polar surface area (TPSA) is 20.2 Å². The second kappa shape index (κ2) is 6.92. The number of nitrogens with one attached hydrogen (secondary N) is 1. The fourth-order valence-electron chi connectivity index (χ4n) is 3.07. The standard InChI is InChI=1S/C18H25N3/c1-20-11-5-8-18(20)14-19-17-9-12-21(13-10-17)15-16-6-3-2-4-7-16/h2-8,11,17,19H,9-10,12-15H2,1H3. The summed E-state index contributed by atoms with van der Waals surface area (Å²) in [5.41, 5.74) is 2.79. The molecule has 0 saturated carbocycles. The van der Waals surface area contributed by atoms with Crippen molar-refractivity contribution in [2.75, 3.05) is 13.1 Å². The minimum Gasteiger partial charge on any atom is -0.353 e. The lowest BCUT2D eigenvalue weighted by atomic mass is 10.0. The van der Waals surface area contributed by atoms with Crippen LogP contribution in [0.2, 0.25) is 0 Å². The molecule has 0 bridgehead atoms. The van der Waals surface area contributed by atoms with E-state index in [1.165, 1.54) is 37.2 Å². The molecule has 0 spiro atoms. The van der Waals surface area contributed by atoms with E-state index in [-0.39, 0.29) is 0 Å². The molecule has 21 heavy (non-hydrogen) atoms. The van der Waals surface area contributed by atoms with Crippen molar-refractivity contribution < 1.29 is 0 Å². The molecular weight excluding hydrogens is 258 g/mol. The van der Waals surface area contributed by atoms with Gasteiger partial charge in [-0.15, -0.1) is 0 Å². The first-order valence-corrected chi connectivity index (χ1v) is 7.91. The summed E-state index contributed by atoms with van der Waals surface area (Å²) < 4.78 is 2.19. The van der Waals surface area contributed by atoms with Crippen LogP contribution >= 0.6 is 0 Å². The summed E-state index contributed by atoms with van der Waals surface area (Å²) in [5, 5.41) is 3.70. The van der Waals surface area contributed by atoms with E-state index in [4.69, 9.17) is 0 Å². The zero-order chi connectivity index (χ0) is 14.5. The molecule has 0 aliphatic carbocycles. The van der Waals surface area contributed by atoms with Gasteiger partial charge in [0.25, 0.3) is 0 Å². The Morgan fingerprint density at radius 3 is 2.48 bits per heavy atom. The van der Waals surface area contributed by atoms with Gasteiger partial charge in [0.1, 0.15) is 0 Å². The lowest BCUT2D eigenvalue weighted by Gasteiger charge is -2.32. The van der Waals surface area contributed by atoms with Gasteiger partial charge in [0.15, 0.2) is 0 Å². The molecule has 3 rings (SSSR count). The van der Waals surface area contributed by atoms with Crippen molar-refractivity contribution in [2.24, 2.45) is 7.05 Å². The smallest absolute Gasteiger partial charge is 0.0361 e. The van der Waals surface area contributed by atoms with Gasteiger partial charge in [0.05, 0.1) is 0 Å². The molecule has 1 aliphatic rings. The third kappa shape index (κ3) is 3.96. The fraction of sp³-hybridized carbons (Fsp3) is 0.444. The van der Waals surface area contributed by atoms with Crippen LogP contribution in [0.25, 0.3) is 0 Å². The van der Waals surface area contributed by atoms with Gasteiger partial charge in [-0.1, -0.05) is 30.3 Å². The summed E-state index contributed by atoms with van der Waals surface area (Å²) in [7, 11) is 2.11. The van der Waals surface area contributed by atoms with E-state index in [1.54, 1.807) is 0 Å². The Balaban J connectivity index is 1.42. The second-order valence-electron chi connectivity index (χ2n) is 6.03. The molecule has 0 radical (unpaired) electrons. The van der Waals surface area contributed by atoms with Gasteiger partial charge in [-0.2, -0.15) is 0 Å². The van der Waals surface area contributed by atoms with E-state index in [0.717, 1.165) is 13.1 Å². The van der Waals surface area contributed by atoms with E-state index >= 15 is 0 Å². The van der Waals surface area contributed by atoms with E-state index < -0.39 is 0 Å². The van der Waals surface area contributed by atoms with Crippen LogP contribution in [0.1, 0.15) is 24.1 Å². The number of aromatic nitrogens is 1. The van der Waals surface area contributed by atoms with Crippen molar-refractivity contribution in [3.05, 3.63) is 59.9 Å². The minimum absolute atomic E-state index is 0.659. The van der Waals surface area contributed by atoms with Crippen LogP contribution in [-0.2, 0) is 20.1 Å². The average Bonchev–Trinajstić information content (AvgIpc) is 2.93. The van der Waals surface area contributed by atoms with Gasteiger partial charge in [-0.05, 0) is 43.6 Å². The molecular formula is C18H25N3. The fourth-order valence-corrected chi connectivity index (χ4v) is 3.07. The van der Waals surface area contributed by atoms with Gasteiger partial charge in [-0.25, -0.2) is 0 Å². The highest BCUT2D eigenvalue weighted by Gasteiger charge is 2.18. The lowest BCUT2D eigenvalue weighted by Crippen LogP contribution is -2.42. The first-order chi connectivity index (χ1) is 10.3. The van der Waals surface area contributed by atoms with E-state index in [9.17, 15) is 0 Å². The van der Waals surface area contributed by atoms with Crippen LogP contribution in [-0.4, -0.2) is 28.6 Å². The van der Waals surface area contributed by atoms with E-state index in [0.29, 0.717) is 6.04 Å². The quantitative estimate of drug-likeness (QED) is 0.910. The Kier molecular flexibility index (Phi) is 4.73. The maximum absolute atomic E-state index is 3.70. The summed E-state index contributed by atoms with van der Waals surface area (Å²) in [4.78, 5) is 2.57. The van der Waals surface area contributed by atoms with E-state index in [1.807, 2.05) is 0 Å². The molecule has 1 saturated heterocycles. The second-order valence-corrected chi connectivity index (χ2v) is 6.03. The Morgan fingerprint density at radius 2 is 1.81 bits per heavy atom. The molecule has 1 aliphatic heterocycles. The van der Waals surface area contributed by atoms with Crippen LogP contribution in [0, 0.1) is 0 Å². The Morgan fingerprint density at radius 1 is 1.05 bits per heavy atom. The van der Waals surface area contributed by atoms with Crippen molar-refractivity contribution in [1.82, 2.24) is 14.8 Å². The molecule has 0 atom stereocenters. The molecule has 1 aromatic heterocycles. The summed E-state index contributed by atoms with van der Waals surface area (Å²) in [6.07, 6.45) is 4.61. The maximum Gasteiger partial charge on any atom is 0.0361 e. The predicted molar refractivity (Wildman–Crippen MR) is 87.0 cm³/mol. The molecule has 1 aromatic carbocycles. The minimum atomic E-state index is 0.659. The van der Waals surface area contributed by atoms with Gasteiger partial charge in [0, 0.05) is 38.1 Å². The van der Waals surface area contributed by atoms with Crippen LogP contribution in [0.5, 0.6) is 0 Å². The Bertz CT molecular complexity index is 539. The number of likely N-dealkylation sites (tertiary alicyclic amines) is 1. The first kappa shape index (κ1) is 14.4. The molecule has 3 heteroatoms. The first-order valence-electron chi connectivity index (χ1n) is 7.91. The largest absolute Gasteiger partial charge is 0.353 e. The monoisotopic (exact) mass is 283 g/mol. The number of rotatable bonds is 5. The highest BCUT2D eigenvalue weighted by Crippen LogP contribution is 2.14.